The van der Waals surface area contributed by atoms with Crippen molar-refractivity contribution >= 4 is 34.1 Å². The third-order valence-electron chi connectivity index (χ3n) is 7.37. The Labute approximate surface area is 260 Å². The van der Waals surface area contributed by atoms with E-state index in [0.29, 0.717) is 46.1 Å². The number of aliphatic hydroxyl groups is 1. The molecule has 0 bridgehead atoms. The average molecular weight is 626 g/mol. The van der Waals surface area contributed by atoms with Gasteiger partial charge in [-0.2, -0.15) is 0 Å². The minimum atomic E-state index is -1.21. The number of nitrogens with one attached hydrogen (secondary N) is 2. The second-order valence-electron chi connectivity index (χ2n) is 10.7. The molecule has 1 amide bonds. The zero-order valence-corrected chi connectivity index (χ0v) is 25.4. The summed E-state index contributed by atoms with van der Waals surface area (Å²) < 4.78 is 31.0. The maximum Gasteiger partial charge on any atom is 0.238 e. The van der Waals surface area contributed by atoms with Crippen molar-refractivity contribution in [3.05, 3.63) is 65.6 Å². The van der Waals surface area contributed by atoms with Crippen molar-refractivity contribution in [3.63, 3.8) is 0 Å². The van der Waals surface area contributed by atoms with Crippen LogP contribution in [-0.4, -0.2) is 71.6 Å². The lowest BCUT2D eigenvalue weighted by molar-refractivity contribution is -0.121. The smallest absolute Gasteiger partial charge is 0.238 e. The van der Waals surface area contributed by atoms with E-state index in [-0.39, 0.29) is 23.7 Å². The number of fused-ring (bicyclic) bond motifs is 1. The number of benzene rings is 1. The van der Waals surface area contributed by atoms with Crippen LogP contribution in [0.5, 0.6) is 23.1 Å². The van der Waals surface area contributed by atoms with Crippen molar-refractivity contribution in [2.24, 2.45) is 0 Å². The number of aromatic nitrogens is 2. The number of rotatable bonds is 13. The van der Waals surface area contributed by atoms with Crippen LogP contribution in [0.2, 0.25) is 5.02 Å². The van der Waals surface area contributed by atoms with E-state index in [1.165, 1.54) is 37.6 Å². The van der Waals surface area contributed by atoms with E-state index in [0.717, 1.165) is 26.1 Å². The van der Waals surface area contributed by atoms with Crippen molar-refractivity contribution in [2.45, 2.75) is 50.9 Å². The Bertz CT molecular complexity index is 1510. The van der Waals surface area contributed by atoms with E-state index >= 15 is 0 Å². The second-order valence-corrected chi connectivity index (χ2v) is 11.1. The Hall–Kier alpha value is -3.93. The van der Waals surface area contributed by atoms with Gasteiger partial charge in [0, 0.05) is 36.3 Å². The number of aliphatic hydroxyl groups excluding tert-OH is 1. The van der Waals surface area contributed by atoms with E-state index in [1.54, 1.807) is 31.5 Å². The molecule has 10 nitrogen and oxygen atoms in total. The monoisotopic (exact) mass is 625 g/mol. The summed E-state index contributed by atoms with van der Waals surface area (Å²) in [5.41, 5.74) is 1.55. The van der Waals surface area contributed by atoms with Crippen LogP contribution < -0.4 is 24.8 Å². The van der Waals surface area contributed by atoms with Gasteiger partial charge in [0.25, 0.3) is 0 Å². The fourth-order valence-electron chi connectivity index (χ4n) is 5.14. The molecule has 234 valence electrons. The molecule has 12 heteroatoms. The Balaban J connectivity index is 1.19. The van der Waals surface area contributed by atoms with Gasteiger partial charge in [-0.05, 0) is 62.7 Å². The summed E-state index contributed by atoms with van der Waals surface area (Å²) in [5, 5.41) is 16.7. The van der Waals surface area contributed by atoms with Crippen molar-refractivity contribution in [1.82, 2.24) is 20.2 Å². The van der Waals surface area contributed by atoms with Crippen LogP contribution in [0.4, 0.5) is 10.1 Å². The molecule has 1 saturated heterocycles. The van der Waals surface area contributed by atoms with Gasteiger partial charge in [-0.1, -0.05) is 24.1 Å². The number of nitrogens with zero attached hydrogens (tertiary/aromatic N) is 3. The molecule has 2 unspecified atom stereocenters. The number of carbonyl (C=O) groups is 1. The standard InChI is InChI=1S/C32H37ClFN5O5/c1-42-28-17-24-26(18-29(28)43-15-5-14-39-12-3-2-4-13-39)35-11-10-27(24)44-32-25(33)16-23(20-36-32)38-31(41)19-30(40)37-22-8-6-21(34)7-9-22/h6,8-11,16-18,20-21,31,38,41H,2-5,7,12-15,19H2,1H3,(H,37,40). The summed E-state index contributed by atoms with van der Waals surface area (Å²) in [4.78, 5) is 23.5. The molecule has 1 aliphatic heterocycles. The van der Waals surface area contributed by atoms with E-state index in [9.17, 15) is 14.3 Å². The maximum absolute atomic E-state index is 13.2. The van der Waals surface area contributed by atoms with E-state index in [1.807, 2.05) is 12.1 Å². The minimum absolute atomic E-state index is 0.149. The third kappa shape index (κ3) is 8.58. The van der Waals surface area contributed by atoms with E-state index < -0.39 is 18.3 Å². The highest BCUT2D eigenvalue weighted by molar-refractivity contribution is 6.32. The first-order chi connectivity index (χ1) is 21.4. The topological polar surface area (TPSA) is 118 Å². The van der Waals surface area contributed by atoms with Crippen LogP contribution in [-0.2, 0) is 4.79 Å². The normalized spacial score (nSPS) is 17.5. The zero-order chi connectivity index (χ0) is 30.9. The highest BCUT2D eigenvalue weighted by atomic mass is 35.5. The number of methoxy groups -OCH3 is 1. The SMILES string of the molecule is COc1cc2c(Oc3ncc(NC(O)CC(=O)NC4=CCC(F)C=C4)cc3Cl)ccnc2cc1OCCCN1CCCCC1. The second kappa shape index (κ2) is 15.2. The van der Waals surface area contributed by atoms with Gasteiger partial charge in [0.15, 0.2) is 11.5 Å². The molecular formula is C32H37ClFN5O5. The van der Waals surface area contributed by atoms with Gasteiger partial charge in [-0.25, -0.2) is 9.37 Å². The van der Waals surface area contributed by atoms with Gasteiger partial charge in [0.05, 0.1) is 37.5 Å². The average Bonchev–Trinajstić information content (AvgIpc) is 3.02. The van der Waals surface area contributed by atoms with Gasteiger partial charge in [0.2, 0.25) is 11.8 Å². The van der Waals surface area contributed by atoms with E-state index in [2.05, 4.69) is 25.5 Å². The molecule has 5 rings (SSSR count). The quantitative estimate of drug-likeness (QED) is 0.161. The molecule has 0 saturated carbocycles. The third-order valence-corrected chi connectivity index (χ3v) is 7.64. The van der Waals surface area contributed by atoms with Crippen LogP contribution in [0.25, 0.3) is 10.9 Å². The number of alkyl halides is 1. The van der Waals surface area contributed by atoms with Gasteiger partial charge >= 0.3 is 0 Å². The number of piperidine rings is 1. The fourth-order valence-corrected chi connectivity index (χ4v) is 5.35. The zero-order valence-electron chi connectivity index (χ0n) is 24.6. The molecular weight excluding hydrogens is 589 g/mol. The van der Waals surface area contributed by atoms with Gasteiger partial charge in [-0.15, -0.1) is 0 Å². The number of allylic oxidation sites excluding steroid dienone is 3. The molecule has 2 aliphatic rings. The number of hydrogen-bond acceptors (Lipinski definition) is 9. The first kappa shape index (κ1) is 31.5. The highest BCUT2D eigenvalue weighted by Crippen LogP contribution is 2.38. The largest absolute Gasteiger partial charge is 0.493 e. The summed E-state index contributed by atoms with van der Waals surface area (Å²) in [7, 11) is 1.59. The number of likely N-dealkylation sites (tertiary alicyclic amines) is 1. The Kier molecular flexibility index (Phi) is 10.9. The molecule has 3 heterocycles. The first-order valence-electron chi connectivity index (χ1n) is 14.8. The number of hydrogen-bond donors (Lipinski definition) is 3. The lowest BCUT2D eigenvalue weighted by Gasteiger charge is -2.26. The molecule has 0 spiro atoms. The molecule has 0 radical (unpaired) electrons. The van der Waals surface area contributed by atoms with Gasteiger partial charge < -0.3 is 34.9 Å². The van der Waals surface area contributed by atoms with Crippen LogP contribution in [0.15, 0.2) is 60.6 Å². The van der Waals surface area contributed by atoms with Crippen molar-refractivity contribution < 1.29 is 28.5 Å². The number of carbonyl (C=O) groups excluding carboxylic acids is 1. The Morgan fingerprint density at radius 1 is 1.18 bits per heavy atom. The first-order valence-corrected chi connectivity index (χ1v) is 15.2. The minimum Gasteiger partial charge on any atom is -0.493 e. The summed E-state index contributed by atoms with van der Waals surface area (Å²) in [6.45, 7) is 3.91. The summed E-state index contributed by atoms with van der Waals surface area (Å²) in [6.07, 6.45) is 10.0. The van der Waals surface area contributed by atoms with Crippen molar-refractivity contribution in [2.75, 3.05) is 38.7 Å². The van der Waals surface area contributed by atoms with Gasteiger partial charge in [0.1, 0.15) is 23.2 Å². The fraction of sp³-hybridized carbons (Fsp3) is 0.406. The molecule has 1 fully saturated rings. The van der Waals surface area contributed by atoms with Crippen LogP contribution in [0.1, 0.15) is 38.5 Å². The predicted octanol–water partition coefficient (Wildman–Crippen LogP) is 5.76. The Morgan fingerprint density at radius 3 is 2.77 bits per heavy atom. The molecule has 2 aromatic heterocycles. The van der Waals surface area contributed by atoms with Crippen LogP contribution in [0.3, 0.4) is 0 Å². The van der Waals surface area contributed by atoms with Crippen molar-refractivity contribution in [1.29, 1.82) is 0 Å². The van der Waals surface area contributed by atoms with Crippen LogP contribution >= 0.6 is 11.6 Å². The lowest BCUT2D eigenvalue weighted by atomic mass is 10.1. The Morgan fingerprint density at radius 2 is 2.02 bits per heavy atom. The van der Waals surface area contributed by atoms with Crippen LogP contribution in [0, 0.1) is 0 Å². The highest BCUT2D eigenvalue weighted by Gasteiger charge is 2.17. The summed E-state index contributed by atoms with van der Waals surface area (Å²) >= 11 is 6.47. The summed E-state index contributed by atoms with van der Waals surface area (Å²) in [6, 6.07) is 6.90. The number of amides is 1. The molecule has 44 heavy (non-hydrogen) atoms. The number of halogens is 2. The predicted molar refractivity (Wildman–Crippen MR) is 167 cm³/mol. The molecule has 3 N–H and O–H groups in total. The maximum atomic E-state index is 13.2. The molecule has 2 atom stereocenters. The van der Waals surface area contributed by atoms with Crippen molar-refractivity contribution in [3.8, 4) is 23.1 Å². The number of pyridine rings is 2. The number of anilines is 1. The lowest BCUT2D eigenvalue weighted by Crippen LogP contribution is -2.31. The number of ether oxygens (including phenoxy) is 3. The molecule has 1 aromatic carbocycles. The van der Waals surface area contributed by atoms with E-state index in [4.69, 9.17) is 25.8 Å². The molecule has 3 aromatic rings. The molecule has 1 aliphatic carbocycles. The van der Waals surface area contributed by atoms with Gasteiger partial charge in [-0.3, -0.25) is 9.78 Å². The summed E-state index contributed by atoms with van der Waals surface area (Å²) in [5.74, 6) is 1.37.